The molecule has 4 heterocycles. The van der Waals surface area contributed by atoms with Crippen molar-refractivity contribution < 1.29 is 27.4 Å². The van der Waals surface area contributed by atoms with Gasteiger partial charge in [0.15, 0.2) is 5.79 Å². The molecule has 3 aliphatic rings. The van der Waals surface area contributed by atoms with Gasteiger partial charge >= 0.3 is 6.18 Å². The van der Waals surface area contributed by atoms with Gasteiger partial charge in [-0.05, 0) is 55.5 Å². The minimum absolute atomic E-state index is 0.0675. The lowest BCUT2D eigenvalue weighted by Gasteiger charge is -2.28. The van der Waals surface area contributed by atoms with Crippen LogP contribution in [0.4, 0.5) is 13.2 Å². The van der Waals surface area contributed by atoms with Crippen molar-refractivity contribution in [1.29, 1.82) is 0 Å². The van der Waals surface area contributed by atoms with Crippen molar-refractivity contribution in [2.24, 2.45) is 0 Å². The molecule has 6 rings (SSSR count). The van der Waals surface area contributed by atoms with Crippen LogP contribution in [0.5, 0.6) is 5.88 Å². The monoisotopic (exact) mass is 486 g/mol. The molecule has 0 atom stereocenters. The normalized spacial score (nSPS) is 23.5. The molecule has 35 heavy (non-hydrogen) atoms. The summed E-state index contributed by atoms with van der Waals surface area (Å²) >= 11 is 0. The van der Waals surface area contributed by atoms with Crippen molar-refractivity contribution in [2.75, 3.05) is 13.2 Å². The molecule has 0 radical (unpaired) electrons. The Balaban J connectivity index is 1.31. The molecule has 3 aromatic rings. The van der Waals surface area contributed by atoms with E-state index >= 15 is 0 Å². The van der Waals surface area contributed by atoms with Gasteiger partial charge in [0.05, 0.1) is 30.9 Å². The topological polar surface area (TPSA) is 71.3 Å². The Bertz CT molecular complexity index is 1200. The molecule has 10 heteroatoms. The van der Waals surface area contributed by atoms with Crippen LogP contribution in [0, 0.1) is 0 Å². The lowest BCUT2D eigenvalue weighted by molar-refractivity contribution is -0.155. The summed E-state index contributed by atoms with van der Waals surface area (Å²) in [4.78, 5) is 4.24. The SMILES string of the molecule is FC(F)(F)c1ccc2c(c1)CC1(Cc3nnc(C4CCC(Oc5ccccn5)CC4)n3-2)OCCO1. The second kappa shape index (κ2) is 8.60. The van der Waals surface area contributed by atoms with E-state index in [1.54, 1.807) is 6.20 Å². The molecule has 1 aliphatic carbocycles. The van der Waals surface area contributed by atoms with Crippen LogP contribution >= 0.6 is 0 Å². The van der Waals surface area contributed by atoms with Crippen LogP contribution in [0.2, 0.25) is 0 Å². The van der Waals surface area contributed by atoms with Crippen LogP contribution in [0.3, 0.4) is 0 Å². The van der Waals surface area contributed by atoms with E-state index in [2.05, 4.69) is 15.2 Å². The number of halogens is 3. The minimum atomic E-state index is -4.43. The second-order valence-electron chi connectivity index (χ2n) is 9.37. The molecular weight excluding hydrogens is 461 g/mol. The Hall–Kier alpha value is -2.98. The van der Waals surface area contributed by atoms with Crippen molar-refractivity contribution in [3.05, 3.63) is 65.4 Å². The van der Waals surface area contributed by atoms with Gasteiger partial charge in [0, 0.05) is 24.6 Å². The lowest BCUT2D eigenvalue weighted by atomic mass is 9.86. The largest absolute Gasteiger partial charge is 0.474 e. The van der Waals surface area contributed by atoms with Gasteiger partial charge in [0.25, 0.3) is 0 Å². The van der Waals surface area contributed by atoms with Crippen LogP contribution < -0.4 is 4.74 Å². The highest BCUT2D eigenvalue weighted by Gasteiger charge is 2.43. The van der Waals surface area contributed by atoms with Gasteiger partial charge in [0.2, 0.25) is 5.88 Å². The van der Waals surface area contributed by atoms with Crippen molar-refractivity contribution in [1.82, 2.24) is 19.7 Å². The molecule has 2 fully saturated rings. The number of fused-ring (bicyclic) bond motifs is 3. The maximum Gasteiger partial charge on any atom is 0.416 e. The maximum atomic E-state index is 13.5. The third kappa shape index (κ3) is 4.29. The number of aromatic nitrogens is 4. The van der Waals surface area contributed by atoms with Crippen LogP contribution in [-0.4, -0.2) is 44.9 Å². The minimum Gasteiger partial charge on any atom is -0.474 e. The molecule has 0 N–H and O–H groups in total. The fourth-order valence-corrected chi connectivity index (χ4v) is 5.41. The first-order valence-electron chi connectivity index (χ1n) is 11.9. The maximum absolute atomic E-state index is 13.5. The smallest absolute Gasteiger partial charge is 0.416 e. The molecule has 2 aromatic heterocycles. The van der Waals surface area contributed by atoms with Gasteiger partial charge in [-0.2, -0.15) is 13.2 Å². The van der Waals surface area contributed by atoms with E-state index in [1.807, 2.05) is 22.8 Å². The van der Waals surface area contributed by atoms with Crippen LogP contribution in [0.25, 0.3) is 5.69 Å². The number of benzene rings is 1. The number of ether oxygens (including phenoxy) is 3. The summed E-state index contributed by atoms with van der Waals surface area (Å²) in [6.07, 6.45) is 1.23. The Kier molecular flexibility index (Phi) is 5.52. The predicted molar refractivity (Wildman–Crippen MR) is 118 cm³/mol. The van der Waals surface area contributed by atoms with E-state index in [0.717, 1.165) is 37.6 Å². The fraction of sp³-hybridized carbons (Fsp3) is 0.480. The molecule has 1 saturated carbocycles. The van der Waals surface area contributed by atoms with Crippen molar-refractivity contribution in [2.45, 2.75) is 62.5 Å². The van der Waals surface area contributed by atoms with E-state index < -0.39 is 17.5 Å². The molecule has 2 aliphatic heterocycles. The molecular formula is C25H25F3N4O3. The highest BCUT2D eigenvalue weighted by molar-refractivity contribution is 5.48. The van der Waals surface area contributed by atoms with Gasteiger partial charge in [-0.3, -0.25) is 4.57 Å². The molecule has 0 bridgehead atoms. The summed E-state index contributed by atoms with van der Waals surface area (Å²) in [6.45, 7) is 0.797. The molecule has 1 aromatic carbocycles. The van der Waals surface area contributed by atoms with Crippen molar-refractivity contribution in [3.63, 3.8) is 0 Å². The van der Waals surface area contributed by atoms with Crippen molar-refractivity contribution in [3.8, 4) is 11.6 Å². The molecule has 0 amide bonds. The quantitative estimate of drug-likeness (QED) is 0.538. The average molecular weight is 486 g/mol. The fourth-order valence-electron chi connectivity index (χ4n) is 5.41. The number of alkyl halides is 3. The Morgan fingerprint density at radius 2 is 1.77 bits per heavy atom. The number of nitrogens with zero attached hydrogens (tertiary/aromatic N) is 4. The summed E-state index contributed by atoms with van der Waals surface area (Å²) in [5.41, 5.74) is 0.499. The van der Waals surface area contributed by atoms with Gasteiger partial charge in [-0.1, -0.05) is 6.07 Å². The van der Waals surface area contributed by atoms with Gasteiger partial charge in [-0.25, -0.2) is 4.98 Å². The molecule has 0 unspecified atom stereocenters. The number of rotatable bonds is 3. The third-order valence-electron chi connectivity index (χ3n) is 7.07. The number of hydrogen-bond acceptors (Lipinski definition) is 6. The van der Waals surface area contributed by atoms with Crippen LogP contribution in [0.15, 0.2) is 42.6 Å². The van der Waals surface area contributed by atoms with Crippen LogP contribution in [-0.2, 0) is 28.5 Å². The highest BCUT2D eigenvalue weighted by atomic mass is 19.4. The predicted octanol–water partition coefficient (Wildman–Crippen LogP) is 4.63. The van der Waals surface area contributed by atoms with Crippen LogP contribution in [0.1, 0.15) is 54.4 Å². The summed E-state index contributed by atoms with van der Waals surface area (Å²) in [7, 11) is 0. The first-order chi connectivity index (χ1) is 16.9. The Morgan fingerprint density at radius 3 is 2.49 bits per heavy atom. The zero-order chi connectivity index (χ0) is 24.0. The van der Waals surface area contributed by atoms with Gasteiger partial charge in [0.1, 0.15) is 17.8 Å². The van der Waals surface area contributed by atoms with E-state index in [1.165, 1.54) is 12.1 Å². The van der Waals surface area contributed by atoms with Gasteiger partial charge in [-0.15, -0.1) is 10.2 Å². The summed E-state index contributed by atoms with van der Waals surface area (Å²) < 4.78 is 60.3. The number of hydrogen-bond donors (Lipinski definition) is 0. The van der Waals surface area contributed by atoms with E-state index in [4.69, 9.17) is 14.2 Å². The second-order valence-corrected chi connectivity index (χ2v) is 9.37. The Labute approximate surface area is 200 Å². The first kappa shape index (κ1) is 22.5. The third-order valence-corrected chi connectivity index (χ3v) is 7.07. The standard InChI is InChI=1S/C25H25F3N4O3/c26-25(27,28)18-6-9-20-17(13-18)14-24(33-11-12-34-24)15-21-30-31-23(32(20)21)16-4-7-19(8-5-16)35-22-3-1-2-10-29-22/h1-3,6,9-10,13,16,19H,4-5,7-8,11-12,14-15H2. The molecule has 1 saturated heterocycles. The molecule has 1 spiro atoms. The summed E-state index contributed by atoms with van der Waals surface area (Å²) in [5, 5.41) is 8.98. The van der Waals surface area contributed by atoms with E-state index in [0.29, 0.717) is 42.6 Å². The zero-order valence-electron chi connectivity index (χ0n) is 19.0. The number of pyridine rings is 1. The average Bonchev–Trinajstić information content (AvgIpc) is 3.44. The van der Waals surface area contributed by atoms with E-state index in [-0.39, 0.29) is 18.4 Å². The first-order valence-corrected chi connectivity index (χ1v) is 11.9. The highest BCUT2D eigenvalue weighted by Crippen LogP contribution is 2.41. The lowest BCUT2D eigenvalue weighted by Crippen LogP contribution is -2.35. The Morgan fingerprint density at radius 1 is 0.971 bits per heavy atom. The summed E-state index contributed by atoms with van der Waals surface area (Å²) in [5.74, 6) is 1.13. The molecule has 7 nitrogen and oxygen atoms in total. The van der Waals surface area contributed by atoms with Gasteiger partial charge < -0.3 is 14.2 Å². The van der Waals surface area contributed by atoms with Crippen molar-refractivity contribution >= 4 is 0 Å². The molecule has 184 valence electrons. The van der Waals surface area contributed by atoms with E-state index in [9.17, 15) is 13.2 Å². The summed E-state index contributed by atoms with van der Waals surface area (Å²) in [6, 6.07) is 9.45. The zero-order valence-corrected chi connectivity index (χ0v) is 19.0.